The SMILES string of the molecule is C[C@]1(C(=O)N2CCC[C@H](C(N)=O)C2)CCCCO1. The second kappa shape index (κ2) is 5.26. The average Bonchev–Trinajstić information content (AvgIpc) is 2.39. The molecule has 2 atom stereocenters. The molecule has 0 aromatic carbocycles. The summed E-state index contributed by atoms with van der Waals surface area (Å²) in [7, 11) is 0. The Morgan fingerprint density at radius 1 is 1.33 bits per heavy atom. The minimum atomic E-state index is -0.697. The number of nitrogens with zero attached hydrogens (tertiary/aromatic N) is 1. The predicted octanol–water partition coefficient (Wildman–Crippen LogP) is 0.669. The monoisotopic (exact) mass is 254 g/mol. The third-order valence-electron chi connectivity index (χ3n) is 4.03. The minimum absolute atomic E-state index is 0.0214. The Morgan fingerprint density at radius 2 is 2.11 bits per heavy atom. The molecule has 18 heavy (non-hydrogen) atoms. The van der Waals surface area contributed by atoms with Gasteiger partial charge in [-0.15, -0.1) is 0 Å². The van der Waals surface area contributed by atoms with Crippen molar-refractivity contribution in [3.8, 4) is 0 Å². The van der Waals surface area contributed by atoms with E-state index in [-0.39, 0.29) is 17.7 Å². The van der Waals surface area contributed by atoms with Crippen LogP contribution in [0.2, 0.25) is 0 Å². The highest BCUT2D eigenvalue weighted by Crippen LogP contribution is 2.28. The van der Waals surface area contributed by atoms with Gasteiger partial charge in [0.2, 0.25) is 5.91 Å². The summed E-state index contributed by atoms with van der Waals surface area (Å²) in [6.45, 7) is 3.67. The van der Waals surface area contributed by atoms with E-state index >= 15 is 0 Å². The topological polar surface area (TPSA) is 72.6 Å². The normalized spacial score (nSPS) is 33.2. The molecule has 2 heterocycles. The van der Waals surface area contributed by atoms with E-state index in [4.69, 9.17) is 10.5 Å². The fourth-order valence-electron chi connectivity index (χ4n) is 2.83. The maximum absolute atomic E-state index is 12.5. The van der Waals surface area contributed by atoms with E-state index in [0.29, 0.717) is 19.7 Å². The van der Waals surface area contributed by atoms with Gasteiger partial charge in [0.15, 0.2) is 0 Å². The summed E-state index contributed by atoms with van der Waals surface area (Å²) in [6, 6.07) is 0. The molecule has 2 N–H and O–H groups in total. The van der Waals surface area contributed by atoms with Crippen molar-refractivity contribution in [2.75, 3.05) is 19.7 Å². The molecule has 0 aliphatic carbocycles. The lowest BCUT2D eigenvalue weighted by Crippen LogP contribution is -2.54. The smallest absolute Gasteiger partial charge is 0.254 e. The van der Waals surface area contributed by atoms with Crippen LogP contribution >= 0.6 is 0 Å². The molecular weight excluding hydrogens is 232 g/mol. The van der Waals surface area contributed by atoms with E-state index in [1.807, 2.05) is 6.92 Å². The van der Waals surface area contributed by atoms with E-state index in [2.05, 4.69) is 0 Å². The van der Waals surface area contributed by atoms with Crippen molar-refractivity contribution in [3.63, 3.8) is 0 Å². The van der Waals surface area contributed by atoms with Crippen LogP contribution in [0.5, 0.6) is 0 Å². The fraction of sp³-hybridized carbons (Fsp3) is 0.846. The zero-order valence-electron chi connectivity index (χ0n) is 11.0. The number of amides is 2. The van der Waals surface area contributed by atoms with E-state index in [9.17, 15) is 9.59 Å². The van der Waals surface area contributed by atoms with E-state index in [1.54, 1.807) is 4.90 Å². The third kappa shape index (κ3) is 2.66. The molecule has 2 saturated heterocycles. The first-order valence-corrected chi connectivity index (χ1v) is 6.75. The zero-order valence-corrected chi connectivity index (χ0v) is 11.0. The first kappa shape index (κ1) is 13.3. The number of carbonyl (C=O) groups is 2. The summed E-state index contributed by atoms with van der Waals surface area (Å²) in [6.07, 6.45) is 4.44. The molecule has 5 nitrogen and oxygen atoms in total. The Bertz CT molecular complexity index is 337. The van der Waals surface area contributed by atoms with Crippen LogP contribution in [0.4, 0.5) is 0 Å². The number of hydrogen-bond donors (Lipinski definition) is 1. The molecule has 0 bridgehead atoms. The van der Waals surface area contributed by atoms with Crippen molar-refractivity contribution in [1.82, 2.24) is 4.90 Å². The molecule has 102 valence electrons. The van der Waals surface area contributed by atoms with Gasteiger partial charge in [0, 0.05) is 19.7 Å². The molecule has 2 fully saturated rings. The summed E-state index contributed by atoms with van der Waals surface area (Å²) in [5.74, 6) is -0.481. The van der Waals surface area contributed by atoms with Crippen LogP contribution in [0.3, 0.4) is 0 Å². The van der Waals surface area contributed by atoms with Crippen molar-refractivity contribution in [2.24, 2.45) is 11.7 Å². The van der Waals surface area contributed by atoms with Crippen molar-refractivity contribution < 1.29 is 14.3 Å². The molecule has 0 radical (unpaired) electrons. The number of likely N-dealkylation sites (tertiary alicyclic amines) is 1. The quantitative estimate of drug-likeness (QED) is 0.787. The number of nitrogens with two attached hydrogens (primary N) is 1. The maximum Gasteiger partial charge on any atom is 0.254 e. The Hall–Kier alpha value is -1.10. The minimum Gasteiger partial charge on any atom is -0.369 e. The summed E-state index contributed by atoms with van der Waals surface area (Å²) in [5.41, 5.74) is 4.64. The van der Waals surface area contributed by atoms with Crippen LogP contribution in [0.25, 0.3) is 0 Å². The van der Waals surface area contributed by atoms with Crippen LogP contribution in [0.15, 0.2) is 0 Å². The van der Waals surface area contributed by atoms with E-state index in [0.717, 1.165) is 32.1 Å². The first-order valence-electron chi connectivity index (χ1n) is 6.75. The zero-order chi connectivity index (χ0) is 13.2. The van der Waals surface area contributed by atoms with Crippen LogP contribution in [0.1, 0.15) is 39.0 Å². The first-order chi connectivity index (χ1) is 8.53. The van der Waals surface area contributed by atoms with Crippen LogP contribution in [-0.4, -0.2) is 42.0 Å². The van der Waals surface area contributed by atoms with Crippen molar-refractivity contribution in [1.29, 1.82) is 0 Å². The molecule has 0 unspecified atom stereocenters. The number of carbonyl (C=O) groups excluding carboxylic acids is 2. The molecule has 2 rings (SSSR count). The standard InChI is InChI=1S/C13H22N2O3/c1-13(6-2-3-8-18-13)12(17)15-7-4-5-10(9-15)11(14)16/h10H,2-9H2,1H3,(H2,14,16)/t10-,13+/m0/s1. The van der Waals surface area contributed by atoms with Gasteiger partial charge in [-0.3, -0.25) is 9.59 Å². The molecule has 2 aliphatic heterocycles. The van der Waals surface area contributed by atoms with Crippen molar-refractivity contribution in [3.05, 3.63) is 0 Å². The number of piperidine rings is 1. The molecule has 0 aromatic rings. The number of hydrogen-bond acceptors (Lipinski definition) is 3. The highest BCUT2D eigenvalue weighted by Gasteiger charge is 2.40. The lowest BCUT2D eigenvalue weighted by Gasteiger charge is -2.39. The van der Waals surface area contributed by atoms with Crippen molar-refractivity contribution in [2.45, 2.75) is 44.6 Å². The summed E-state index contributed by atoms with van der Waals surface area (Å²) < 4.78 is 5.67. The Balaban J connectivity index is 2.01. The molecule has 2 aliphatic rings. The van der Waals surface area contributed by atoms with Gasteiger partial charge in [-0.05, 0) is 39.0 Å². The number of ether oxygens (including phenoxy) is 1. The van der Waals surface area contributed by atoms with Crippen LogP contribution in [0, 0.1) is 5.92 Å². The molecule has 0 saturated carbocycles. The lowest BCUT2D eigenvalue weighted by atomic mass is 9.91. The summed E-state index contributed by atoms with van der Waals surface area (Å²) >= 11 is 0. The Morgan fingerprint density at radius 3 is 2.72 bits per heavy atom. The number of rotatable bonds is 2. The van der Waals surface area contributed by atoms with E-state index in [1.165, 1.54) is 0 Å². The highest BCUT2D eigenvalue weighted by molar-refractivity contribution is 5.86. The van der Waals surface area contributed by atoms with Crippen LogP contribution < -0.4 is 5.73 Å². The second-order valence-electron chi connectivity index (χ2n) is 5.53. The molecule has 0 aromatic heterocycles. The summed E-state index contributed by atoms with van der Waals surface area (Å²) in [5, 5.41) is 0. The van der Waals surface area contributed by atoms with Crippen LogP contribution in [-0.2, 0) is 14.3 Å². The summed E-state index contributed by atoms with van der Waals surface area (Å²) in [4.78, 5) is 25.5. The number of primary amides is 1. The van der Waals surface area contributed by atoms with Gasteiger partial charge in [-0.1, -0.05) is 0 Å². The third-order valence-corrected chi connectivity index (χ3v) is 4.03. The van der Waals surface area contributed by atoms with Gasteiger partial charge < -0.3 is 15.4 Å². The fourth-order valence-corrected chi connectivity index (χ4v) is 2.83. The lowest BCUT2D eigenvalue weighted by molar-refractivity contribution is -0.164. The van der Waals surface area contributed by atoms with E-state index < -0.39 is 5.60 Å². The predicted molar refractivity (Wildman–Crippen MR) is 66.7 cm³/mol. The van der Waals surface area contributed by atoms with Gasteiger partial charge in [-0.25, -0.2) is 0 Å². The van der Waals surface area contributed by atoms with Gasteiger partial charge in [0.1, 0.15) is 5.60 Å². The molecule has 5 heteroatoms. The van der Waals surface area contributed by atoms with Gasteiger partial charge >= 0.3 is 0 Å². The largest absolute Gasteiger partial charge is 0.369 e. The van der Waals surface area contributed by atoms with Crippen molar-refractivity contribution >= 4 is 11.8 Å². The van der Waals surface area contributed by atoms with Gasteiger partial charge in [0.25, 0.3) is 5.91 Å². The molecule has 2 amide bonds. The highest BCUT2D eigenvalue weighted by atomic mass is 16.5. The molecular formula is C13H22N2O3. The Kier molecular flexibility index (Phi) is 3.90. The van der Waals surface area contributed by atoms with Gasteiger partial charge in [-0.2, -0.15) is 0 Å². The molecule has 0 spiro atoms. The Labute approximate surface area is 108 Å². The second-order valence-corrected chi connectivity index (χ2v) is 5.53. The van der Waals surface area contributed by atoms with Gasteiger partial charge in [0.05, 0.1) is 5.92 Å². The maximum atomic E-state index is 12.5. The average molecular weight is 254 g/mol.